The molecule has 1 amide bonds. The van der Waals surface area contributed by atoms with Crippen molar-refractivity contribution < 1.29 is 13.2 Å². The first kappa shape index (κ1) is 14.9. The van der Waals surface area contributed by atoms with E-state index in [1.165, 1.54) is 0 Å². The summed E-state index contributed by atoms with van der Waals surface area (Å²) in [5.74, 6) is -0.0383. The van der Waals surface area contributed by atoms with E-state index in [1.54, 1.807) is 23.5 Å². The average Bonchev–Trinajstić information content (AvgIpc) is 2.45. The number of nitrogens with zero attached hydrogens (tertiary/aromatic N) is 3. The second kappa shape index (κ2) is 6.27. The minimum Gasteiger partial charge on any atom is -0.341 e. The van der Waals surface area contributed by atoms with Crippen LogP contribution in [0.25, 0.3) is 0 Å². The maximum atomic E-state index is 12.0. The maximum Gasteiger partial charge on any atom is 0.237 e. The molecule has 0 aromatic carbocycles. The first-order valence-corrected chi connectivity index (χ1v) is 8.33. The van der Waals surface area contributed by atoms with E-state index in [9.17, 15) is 13.2 Å². The molecule has 0 spiro atoms. The molecule has 110 valence electrons. The normalized spacial score (nSPS) is 19.9. The van der Waals surface area contributed by atoms with Gasteiger partial charge in [0.2, 0.25) is 15.9 Å². The van der Waals surface area contributed by atoms with Gasteiger partial charge in [-0.25, -0.2) is 13.1 Å². The molecule has 20 heavy (non-hydrogen) atoms. The van der Waals surface area contributed by atoms with Crippen molar-refractivity contribution in [2.45, 2.75) is 18.8 Å². The van der Waals surface area contributed by atoms with Gasteiger partial charge in [0.1, 0.15) is 0 Å². The lowest BCUT2D eigenvalue weighted by atomic mass is 9.95. The third-order valence-electron chi connectivity index (χ3n) is 3.26. The molecule has 0 radical (unpaired) electrons. The molecule has 1 aromatic rings. The Morgan fingerprint density at radius 1 is 1.50 bits per heavy atom. The van der Waals surface area contributed by atoms with Gasteiger partial charge in [0.15, 0.2) is 0 Å². The zero-order valence-electron chi connectivity index (χ0n) is 11.3. The Labute approximate surface area is 118 Å². The van der Waals surface area contributed by atoms with E-state index in [-0.39, 0.29) is 18.4 Å². The van der Waals surface area contributed by atoms with E-state index in [0.717, 1.165) is 24.8 Å². The predicted molar refractivity (Wildman–Crippen MR) is 73.4 cm³/mol. The third-order valence-corrected chi connectivity index (χ3v) is 3.93. The van der Waals surface area contributed by atoms with Crippen molar-refractivity contribution in [1.29, 1.82) is 0 Å². The number of amides is 1. The highest BCUT2D eigenvalue weighted by molar-refractivity contribution is 7.88. The monoisotopic (exact) mass is 298 g/mol. The SMILES string of the molecule is CS(=O)(=O)NCC(=O)N1CCC[C@H](c2cnccn2)C1. The molecule has 1 saturated heterocycles. The molecule has 2 rings (SSSR count). The fourth-order valence-corrected chi connectivity index (χ4v) is 2.66. The molecule has 1 aromatic heterocycles. The number of aromatic nitrogens is 2. The van der Waals surface area contributed by atoms with Crippen LogP contribution in [0.2, 0.25) is 0 Å². The average molecular weight is 298 g/mol. The van der Waals surface area contributed by atoms with Gasteiger partial charge in [-0.15, -0.1) is 0 Å². The van der Waals surface area contributed by atoms with Gasteiger partial charge in [0.05, 0.1) is 18.5 Å². The quantitative estimate of drug-likeness (QED) is 0.826. The number of rotatable bonds is 4. The third kappa shape index (κ3) is 4.24. The second-order valence-corrected chi connectivity index (χ2v) is 6.74. The highest BCUT2D eigenvalue weighted by Crippen LogP contribution is 2.24. The van der Waals surface area contributed by atoms with Crippen molar-refractivity contribution in [3.05, 3.63) is 24.3 Å². The van der Waals surface area contributed by atoms with E-state index in [4.69, 9.17) is 0 Å². The van der Waals surface area contributed by atoms with Crippen molar-refractivity contribution >= 4 is 15.9 Å². The summed E-state index contributed by atoms with van der Waals surface area (Å²) >= 11 is 0. The fraction of sp³-hybridized carbons (Fsp3) is 0.583. The van der Waals surface area contributed by atoms with E-state index in [0.29, 0.717) is 13.1 Å². The largest absolute Gasteiger partial charge is 0.341 e. The maximum absolute atomic E-state index is 12.0. The lowest BCUT2D eigenvalue weighted by Gasteiger charge is -2.32. The highest BCUT2D eigenvalue weighted by atomic mass is 32.2. The zero-order valence-corrected chi connectivity index (χ0v) is 12.1. The van der Waals surface area contributed by atoms with E-state index in [1.807, 2.05) is 0 Å². The molecule has 1 fully saturated rings. The zero-order chi connectivity index (χ0) is 14.6. The Morgan fingerprint density at radius 2 is 2.30 bits per heavy atom. The summed E-state index contributed by atoms with van der Waals surface area (Å²) in [5, 5.41) is 0. The van der Waals surface area contributed by atoms with Crippen LogP contribution in [-0.4, -0.2) is 55.1 Å². The Morgan fingerprint density at radius 3 is 2.95 bits per heavy atom. The van der Waals surface area contributed by atoms with Crippen molar-refractivity contribution in [3.63, 3.8) is 0 Å². The molecular formula is C12H18N4O3S. The van der Waals surface area contributed by atoms with Crippen LogP contribution in [0.5, 0.6) is 0 Å². The van der Waals surface area contributed by atoms with Gasteiger partial charge in [-0.05, 0) is 12.8 Å². The van der Waals surface area contributed by atoms with Crippen LogP contribution in [0.3, 0.4) is 0 Å². The summed E-state index contributed by atoms with van der Waals surface area (Å²) in [6.07, 6.45) is 7.85. The minimum absolute atomic E-state index is 0.166. The number of piperidine rings is 1. The van der Waals surface area contributed by atoms with Gasteiger partial charge in [-0.2, -0.15) is 0 Å². The lowest BCUT2D eigenvalue weighted by molar-refractivity contribution is -0.131. The number of carbonyl (C=O) groups is 1. The Hall–Kier alpha value is -1.54. The molecule has 0 saturated carbocycles. The van der Waals surface area contributed by atoms with Gasteiger partial charge in [0.25, 0.3) is 0 Å². The number of nitrogens with one attached hydrogen (secondary N) is 1. The number of carbonyl (C=O) groups excluding carboxylic acids is 1. The highest BCUT2D eigenvalue weighted by Gasteiger charge is 2.25. The Bertz CT molecular complexity index is 561. The minimum atomic E-state index is -3.34. The summed E-state index contributed by atoms with van der Waals surface area (Å²) in [5.41, 5.74) is 0.876. The fourth-order valence-electron chi connectivity index (χ4n) is 2.27. The van der Waals surface area contributed by atoms with Crippen LogP contribution >= 0.6 is 0 Å². The second-order valence-electron chi connectivity index (χ2n) is 4.90. The van der Waals surface area contributed by atoms with Crippen molar-refractivity contribution in [3.8, 4) is 0 Å². The number of hydrogen-bond donors (Lipinski definition) is 1. The van der Waals surface area contributed by atoms with Gasteiger partial charge < -0.3 is 4.90 Å². The molecule has 2 heterocycles. The first-order valence-electron chi connectivity index (χ1n) is 6.44. The van der Waals surface area contributed by atoms with E-state index >= 15 is 0 Å². The van der Waals surface area contributed by atoms with Gasteiger partial charge in [0, 0.05) is 37.6 Å². The molecule has 1 N–H and O–H groups in total. The van der Waals surface area contributed by atoms with Crippen molar-refractivity contribution in [1.82, 2.24) is 19.6 Å². The van der Waals surface area contributed by atoms with Crippen LogP contribution < -0.4 is 4.72 Å². The molecule has 8 heteroatoms. The van der Waals surface area contributed by atoms with Crippen molar-refractivity contribution in [2.24, 2.45) is 0 Å². The standard InChI is InChI=1S/C12H18N4O3S/c1-20(18,19)15-8-12(17)16-6-2-3-10(9-16)11-7-13-4-5-14-11/h4-5,7,10,15H,2-3,6,8-9H2,1H3/t10-/m0/s1. The molecule has 0 aliphatic carbocycles. The summed E-state index contributed by atoms with van der Waals surface area (Å²) in [6, 6.07) is 0. The molecule has 1 aliphatic heterocycles. The van der Waals surface area contributed by atoms with Crippen LogP contribution in [0.1, 0.15) is 24.5 Å². The van der Waals surface area contributed by atoms with Crippen LogP contribution in [0.15, 0.2) is 18.6 Å². The Balaban J connectivity index is 1.95. The molecule has 1 aliphatic rings. The Kier molecular flexibility index (Phi) is 4.66. The van der Waals surface area contributed by atoms with Gasteiger partial charge in [-0.3, -0.25) is 14.8 Å². The van der Waals surface area contributed by atoms with Gasteiger partial charge in [-0.1, -0.05) is 0 Å². The summed E-state index contributed by atoms with van der Waals surface area (Å²) in [6.45, 7) is 1.02. The molecule has 0 bridgehead atoms. The molecule has 1 atom stereocenters. The smallest absolute Gasteiger partial charge is 0.237 e. The summed E-state index contributed by atoms with van der Waals surface area (Å²) in [4.78, 5) is 22.0. The van der Waals surface area contributed by atoms with Crippen LogP contribution in [0.4, 0.5) is 0 Å². The topological polar surface area (TPSA) is 92.3 Å². The lowest BCUT2D eigenvalue weighted by Crippen LogP contribution is -2.44. The first-order chi connectivity index (χ1) is 9.46. The molecule has 7 nitrogen and oxygen atoms in total. The molecule has 0 unspecified atom stereocenters. The van der Waals surface area contributed by atoms with Crippen LogP contribution in [-0.2, 0) is 14.8 Å². The van der Waals surface area contributed by atoms with E-state index < -0.39 is 10.0 Å². The molecular weight excluding hydrogens is 280 g/mol. The predicted octanol–water partition coefficient (Wildman–Crippen LogP) is -0.268. The van der Waals surface area contributed by atoms with Crippen molar-refractivity contribution in [2.75, 3.05) is 25.9 Å². The van der Waals surface area contributed by atoms with Gasteiger partial charge >= 0.3 is 0 Å². The summed E-state index contributed by atoms with van der Waals surface area (Å²) < 4.78 is 24.2. The number of hydrogen-bond acceptors (Lipinski definition) is 5. The number of sulfonamides is 1. The summed E-state index contributed by atoms with van der Waals surface area (Å²) in [7, 11) is -3.34. The number of likely N-dealkylation sites (tertiary alicyclic amines) is 1. The van der Waals surface area contributed by atoms with E-state index in [2.05, 4.69) is 14.7 Å². The van der Waals surface area contributed by atoms with Crippen LogP contribution in [0, 0.1) is 0 Å².